The van der Waals surface area contributed by atoms with Crippen LogP contribution >= 0.6 is 45.9 Å². The predicted molar refractivity (Wildman–Crippen MR) is 134 cm³/mol. The molecule has 0 atom stereocenters. The van der Waals surface area contributed by atoms with Crippen LogP contribution in [0.5, 0.6) is 0 Å². The molecule has 2 aromatic carbocycles. The Bertz CT molecular complexity index is 1190. The highest BCUT2D eigenvalue weighted by Crippen LogP contribution is 2.26. The number of thiazole rings is 2. The summed E-state index contributed by atoms with van der Waals surface area (Å²) in [6.07, 6.45) is 3.08. The van der Waals surface area contributed by atoms with E-state index in [1.165, 1.54) is 17.4 Å². The van der Waals surface area contributed by atoms with Crippen molar-refractivity contribution in [3.63, 3.8) is 0 Å². The topological polar surface area (TPSA) is 94.9 Å². The average molecular weight is 505 g/mol. The molecule has 32 heavy (non-hydrogen) atoms. The molecule has 0 saturated carbocycles. The first-order valence-electron chi connectivity index (χ1n) is 9.38. The third-order valence-corrected chi connectivity index (χ3v) is 6.38. The molecule has 0 aliphatic rings. The molecule has 0 radical (unpaired) electrons. The van der Waals surface area contributed by atoms with Crippen molar-refractivity contribution in [2.24, 2.45) is 5.73 Å². The van der Waals surface area contributed by atoms with Gasteiger partial charge in [0.25, 0.3) is 0 Å². The van der Waals surface area contributed by atoms with Gasteiger partial charge < -0.3 is 5.73 Å². The summed E-state index contributed by atoms with van der Waals surface area (Å²) >= 11 is 14.7. The number of nitrogens with zero attached hydrogens (tertiary/aromatic N) is 3. The minimum atomic E-state index is -0.513. The van der Waals surface area contributed by atoms with Crippen molar-refractivity contribution in [2.45, 2.75) is 6.42 Å². The monoisotopic (exact) mass is 504 g/mol. The molecule has 6 nitrogen and oxygen atoms in total. The second-order valence-electron chi connectivity index (χ2n) is 6.38. The van der Waals surface area contributed by atoms with Gasteiger partial charge in [-0.3, -0.25) is 10.1 Å². The molecular formula is C22H18Cl2N4O2S2. The number of hydrogen-bond donors (Lipinski definition) is 1. The minimum Gasteiger partial charge on any atom is -0.330 e. The fraction of sp³-hybridized carbons (Fsp3) is 0.0909. The van der Waals surface area contributed by atoms with Gasteiger partial charge in [-0.1, -0.05) is 47.5 Å². The SMILES string of the molecule is NCCc1csc(-c2ccc(Cl)cc2)n1.O=[N+]([O-])/C=C/c1csc(-c2ccc(Cl)cc2)n1. The minimum absolute atomic E-state index is 0.513. The standard InChI is InChI=1S/C11H7ClN2O2S.C11H11ClN2S/c12-9-3-1-8(2-4-9)11-13-10(7-17-11)5-6-14(15)16;12-9-3-1-8(2-4-9)11-14-10(5-6-13)7-15-11/h1-7H;1-4,7H,5-6,13H2/b6-5+;. The highest BCUT2D eigenvalue weighted by atomic mass is 35.5. The highest BCUT2D eigenvalue weighted by molar-refractivity contribution is 7.13. The van der Waals surface area contributed by atoms with E-state index in [9.17, 15) is 10.1 Å². The van der Waals surface area contributed by atoms with Crippen molar-refractivity contribution in [1.29, 1.82) is 0 Å². The fourth-order valence-corrected chi connectivity index (χ4v) is 4.43. The summed E-state index contributed by atoms with van der Waals surface area (Å²) in [4.78, 5) is 18.4. The Hall–Kier alpha value is -2.62. The molecule has 4 rings (SSSR count). The first-order chi connectivity index (χ1) is 15.4. The summed E-state index contributed by atoms with van der Waals surface area (Å²) in [5, 5.41) is 17.2. The van der Waals surface area contributed by atoms with Crippen molar-refractivity contribution >= 4 is 52.0 Å². The third kappa shape index (κ3) is 7.22. The van der Waals surface area contributed by atoms with Gasteiger partial charge in [-0.2, -0.15) is 0 Å². The van der Waals surface area contributed by atoms with E-state index in [1.54, 1.807) is 28.8 Å². The fourth-order valence-electron chi connectivity index (χ4n) is 2.52. The Labute approximate surface area is 203 Å². The van der Waals surface area contributed by atoms with E-state index >= 15 is 0 Å². The maximum Gasteiger partial charge on any atom is 0.236 e. The summed E-state index contributed by atoms with van der Waals surface area (Å²) in [6.45, 7) is 0.643. The van der Waals surface area contributed by atoms with Crippen LogP contribution in [0.15, 0.2) is 65.5 Å². The first-order valence-corrected chi connectivity index (χ1v) is 11.9. The lowest BCUT2D eigenvalue weighted by molar-refractivity contribution is -0.401. The lowest BCUT2D eigenvalue weighted by atomic mass is 10.2. The zero-order valence-electron chi connectivity index (χ0n) is 16.7. The number of rotatable bonds is 6. The Kier molecular flexibility index (Phi) is 8.90. The van der Waals surface area contributed by atoms with Gasteiger partial charge in [0.15, 0.2) is 0 Å². The van der Waals surface area contributed by atoms with Crippen LogP contribution in [0.2, 0.25) is 10.0 Å². The van der Waals surface area contributed by atoms with E-state index in [2.05, 4.69) is 15.3 Å². The molecule has 0 spiro atoms. The maximum atomic E-state index is 10.2. The van der Waals surface area contributed by atoms with Crippen molar-refractivity contribution in [3.8, 4) is 21.1 Å². The van der Waals surface area contributed by atoms with Crippen LogP contribution in [0.4, 0.5) is 0 Å². The number of nitro groups is 1. The van der Waals surface area contributed by atoms with Crippen molar-refractivity contribution in [2.75, 3.05) is 6.54 Å². The number of benzene rings is 2. The van der Waals surface area contributed by atoms with E-state index in [-0.39, 0.29) is 0 Å². The third-order valence-electron chi connectivity index (χ3n) is 4.02. The number of hydrogen-bond acceptors (Lipinski definition) is 7. The van der Waals surface area contributed by atoms with Gasteiger partial charge in [0.05, 0.1) is 16.3 Å². The molecule has 164 valence electrons. The second-order valence-corrected chi connectivity index (χ2v) is 8.96. The normalized spacial score (nSPS) is 10.7. The van der Waals surface area contributed by atoms with Gasteiger partial charge >= 0.3 is 0 Å². The van der Waals surface area contributed by atoms with Gasteiger partial charge in [-0.25, -0.2) is 9.97 Å². The molecule has 2 N–H and O–H groups in total. The zero-order chi connectivity index (χ0) is 22.9. The van der Waals surface area contributed by atoms with Crippen LogP contribution in [0.1, 0.15) is 11.4 Å². The van der Waals surface area contributed by atoms with Crippen molar-refractivity contribution < 1.29 is 4.92 Å². The second kappa shape index (κ2) is 11.8. The highest BCUT2D eigenvalue weighted by Gasteiger charge is 2.04. The number of aromatic nitrogens is 2. The Balaban J connectivity index is 0.000000182. The Morgan fingerprint density at radius 1 is 0.906 bits per heavy atom. The summed E-state index contributed by atoms with van der Waals surface area (Å²) in [5.74, 6) is 0. The Morgan fingerprint density at radius 3 is 1.97 bits per heavy atom. The van der Waals surface area contributed by atoms with Crippen LogP contribution in [0.25, 0.3) is 27.2 Å². The van der Waals surface area contributed by atoms with Crippen LogP contribution in [0.3, 0.4) is 0 Å². The molecule has 4 aromatic rings. The molecule has 0 aliphatic carbocycles. The summed E-state index contributed by atoms with van der Waals surface area (Å²) in [5.41, 5.74) is 9.17. The van der Waals surface area contributed by atoms with E-state index in [0.29, 0.717) is 17.3 Å². The smallest absolute Gasteiger partial charge is 0.236 e. The molecule has 0 bridgehead atoms. The molecule has 2 heterocycles. The molecule has 2 aromatic heterocycles. The van der Waals surface area contributed by atoms with Crippen molar-refractivity contribution in [3.05, 3.63) is 97.0 Å². The molecule has 0 fully saturated rings. The molecular weight excluding hydrogens is 487 g/mol. The summed E-state index contributed by atoms with van der Waals surface area (Å²) in [6, 6.07) is 15.0. The van der Waals surface area contributed by atoms with E-state index in [1.807, 2.05) is 36.4 Å². The van der Waals surface area contributed by atoms with Crippen LogP contribution in [-0.4, -0.2) is 21.4 Å². The predicted octanol–water partition coefficient (Wildman–Crippen LogP) is 6.68. The first kappa shape index (κ1) is 24.0. The van der Waals surface area contributed by atoms with Crippen molar-refractivity contribution in [1.82, 2.24) is 9.97 Å². The van der Waals surface area contributed by atoms with E-state index < -0.39 is 4.92 Å². The van der Waals surface area contributed by atoms with E-state index in [4.69, 9.17) is 28.9 Å². The quantitative estimate of drug-likeness (QED) is 0.233. The largest absolute Gasteiger partial charge is 0.330 e. The zero-order valence-corrected chi connectivity index (χ0v) is 19.8. The average Bonchev–Trinajstić information content (AvgIpc) is 3.44. The molecule has 0 unspecified atom stereocenters. The molecule has 0 amide bonds. The van der Waals surface area contributed by atoms with Gasteiger partial charge in [0.2, 0.25) is 6.20 Å². The van der Waals surface area contributed by atoms with Gasteiger partial charge in [-0.05, 0) is 30.8 Å². The lowest BCUT2D eigenvalue weighted by Gasteiger charge is -1.95. The van der Waals surface area contributed by atoms with Crippen LogP contribution in [-0.2, 0) is 6.42 Å². The molecule has 10 heteroatoms. The van der Waals surface area contributed by atoms with Gasteiger partial charge in [0, 0.05) is 44.4 Å². The van der Waals surface area contributed by atoms with Gasteiger partial charge in [0.1, 0.15) is 10.0 Å². The lowest BCUT2D eigenvalue weighted by Crippen LogP contribution is -2.02. The Morgan fingerprint density at radius 2 is 1.44 bits per heavy atom. The van der Waals surface area contributed by atoms with Crippen LogP contribution in [0, 0.1) is 10.1 Å². The maximum absolute atomic E-state index is 10.2. The number of nitrogens with two attached hydrogens (primary N) is 1. The number of halogens is 2. The van der Waals surface area contributed by atoms with Gasteiger partial charge in [-0.15, -0.1) is 22.7 Å². The summed E-state index contributed by atoms with van der Waals surface area (Å²) in [7, 11) is 0. The summed E-state index contributed by atoms with van der Waals surface area (Å²) < 4.78 is 0. The molecule has 0 aliphatic heterocycles. The van der Waals surface area contributed by atoms with E-state index in [0.717, 1.165) is 44.5 Å². The van der Waals surface area contributed by atoms with Crippen LogP contribution < -0.4 is 5.73 Å². The molecule has 0 saturated heterocycles.